The number of nitrogens with two attached hydrogens (primary N) is 1. The first kappa shape index (κ1) is 13.7. The molecule has 3 N–H and O–H groups in total. The zero-order valence-electron chi connectivity index (χ0n) is 10.0. The highest BCUT2D eigenvalue weighted by atomic mass is 35.5. The van der Waals surface area contributed by atoms with Gasteiger partial charge in [0.25, 0.3) is 0 Å². The molecule has 1 heterocycles. The molecule has 0 aliphatic carbocycles. The Kier molecular flexibility index (Phi) is 5.15. The number of nitrogens with zero attached hydrogens (tertiary/aromatic N) is 2. The maximum Gasteiger partial charge on any atom is 0.217 e. The highest BCUT2D eigenvalue weighted by Crippen LogP contribution is 2.16. The predicted molar refractivity (Wildman–Crippen MR) is 68.0 cm³/mol. The van der Waals surface area contributed by atoms with E-state index in [1.165, 1.54) is 0 Å². The van der Waals surface area contributed by atoms with Gasteiger partial charge in [-0.25, -0.2) is 9.97 Å². The summed E-state index contributed by atoms with van der Waals surface area (Å²) >= 11 is 5.89. The molecule has 17 heavy (non-hydrogen) atoms. The molecule has 0 radical (unpaired) electrons. The third-order valence-electron chi connectivity index (χ3n) is 2.13. The first-order valence-corrected chi connectivity index (χ1v) is 5.93. The summed E-state index contributed by atoms with van der Waals surface area (Å²) in [5.74, 6) is 1.31. The maximum atomic E-state index is 10.6. The van der Waals surface area contributed by atoms with E-state index in [-0.39, 0.29) is 11.8 Å². The molecule has 1 rings (SSSR count). The van der Waals surface area contributed by atoms with Crippen LogP contribution >= 0.6 is 11.6 Å². The Morgan fingerprint density at radius 1 is 1.53 bits per heavy atom. The molecule has 0 saturated carbocycles. The monoisotopic (exact) mass is 256 g/mol. The van der Waals surface area contributed by atoms with E-state index in [9.17, 15) is 4.79 Å². The summed E-state index contributed by atoms with van der Waals surface area (Å²) in [7, 11) is 0. The van der Waals surface area contributed by atoms with Gasteiger partial charge in [-0.1, -0.05) is 25.4 Å². The molecule has 1 aromatic heterocycles. The van der Waals surface area contributed by atoms with Gasteiger partial charge in [-0.05, 0) is 6.42 Å². The number of halogens is 1. The number of nitrogens with one attached hydrogen (secondary N) is 1. The summed E-state index contributed by atoms with van der Waals surface area (Å²) in [6.45, 7) is 4.64. The van der Waals surface area contributed by atoms with E-state index in [2.05, 4.69) is 15.3 Å². The first-order valence-electron chi connectivity index (χ1n) is 5.55. The average Bonchev–Trinajstić information content (AvgIpc) is 2.23. The van der Waals surface area contributed by atoms with E-state index in [1.54, 1.807) is 6.07 Å². The van der Waals surface area contributed by atoms with Crippen LogP contribution < -0.4 is 11.1 Å². The van der Waals surface area contributed by atoms with Gasteiger partial charge in [0.05, 0.1) is 0 Å². The molecule has 0 saturated heterocycles. The first-order chi connectivity index (χ1) is 7.99. The molecule has 0 unspecified atom stereocenters. The van der Waals surface area contributed by atoms with Gasteiger partial charge in [-0.3, -0.25) is 4.79 Å². The van der Waals surface area contributed by atoms with Crippen molar-refractivity contribution in [2.24, 2.45) is 5.73 Å². The molecule has 0 fully saturated rings. The molecule has 94 valence electrons. The molecule has 5 nitrogen and oxygen atoms in total. The van der Waals surface area contributed by atoms with Gasteiger partial charge < -0.3 is 11.1 Å². The summed E-state index contributed by atoms with van der Waals surface area (Å²) in [5.41, 5.74) is 5.05. The molecule has 0 aliphatic rings. The molecule has 6 heteroatoms. The lowest BCUT2D eigenvalue weighted by atomic mass is 10.2. The quantitative estimate of drug-likeness (QED) is 0.602. The molecule has 0 aromatic carbocycles. The van der Waals surface area contributed by atoms with Gasteiger partial charge in [0.1, 0.15) is 16.8 Å². The van der Waals surface area contributed by atoms with Crippen LogP contribution in [0.15, 0.2) is 6.07 Å². The summed E-state index contributed by atoms with van der Waals surface area (Å²) in [6.07, 6.45) is 1.04. The Morgan fingerprint density at radius 3 is 2.82 bits per heavy atom. The molecule has 0 bridgehead atoms. The number of carbonyl (C=O) groups is 1. The number of primary amides is 1. The normalized spacial score (nSPS) is 10.6. The second-order valence-corrected chi connectivity index (χ2v) is 4.47. The predicted octanol–water partition coefficient (Wildman–Crippen LogP) is 1.93. The third kappa shape index (κ3) is 4.99. The Balaban J connectivity index is 2.55. The second-order valence-electron chi connectivity index (χ2n) is 4.09. The van der Waals surface area contributed by atoms with Crippen LogP contribution in [-0.2, 0) is 4.79 Å². The van der Waals surface area contributed by atoms with Gasteiger partial charge in [0.15, 0.2) is 0 Å². The average molecular weight is 257 g/mol. The number of rotatable bonds is 6. The largest absolute Gasteiger partial charge is 0.370 e. The van der Waals surface area contributed by atoms with Crippen molar-refractivity contribution < 1.29 is 4.79 Å². The Morgan fingerprint density at radius 2 is 2.24 bits per heavy atom. The minimum atomic E-state index is -0.296. The lowest BCUT2D eigenvalue weighted by Gasteiger charge is -2.09. The molecular weight excluding hydrogens is 240 g/mol. The summed E-state index contributed by atoms with van der Waals surface area (Å²) in [4.78, 5) is 19.0. The minimum absolute atomic E-state index is 0.222. The number of aromatic nitrogens is 2. The summed E-state index contributed by atoms with van der Waals surface area (Å²) in [5, 5.41) is 3.51. The zero-order valence-corrected chi connectivity index (χ0v) is 10.8. The number of hydrogen-bond acceptors (Lipinski definition) is 4. The van der Waals surface area contributed by atoms with Crippen molar-refractivity contribution in [2.75, 3.05) is 11.9 Å². The van der Waals surface area contributed by atoms with Crippen LogP contribution in [0.25, 0.3) is 0 Å². The van der Waals surface area contributed by atoms with Crippen molar-refractivity contribution in [3.05, 3.63) is 17.0 Å². The highest BCUT2D eigenvalue weighted by Gasteiger charge is 2.06. The van der Waals surface area contributed by atoms with Crippen molar-refractivity contribution in [1.82, 2.24) is 9.97 Å². The molecule has 0 aliphatic heterocycles. The fourth-order valence-electron chi connectivity index (χ4n) is 1.26. The Labute approximate surface area is 106 Å². The van der Waals surface area contributed by atoms with E-state index in [1.807, 2.05) is 13.8 Å². The van der Waals surface area contributed by atoms with Gasteiger partial charge in [-0.2, -0.15) is 0 Å². The Hall–Kier alpha value is -1.36. The van der Waals surface area contributed by atoms with Gasteiger partial charge in [-0.15, -0.1) is 0 Å². The Bertz CT molecular complexity index is 395. The highest BCUT2D eigenvalue weighted by molar-refractivity contribution is 6.29. The summed E-state index contributed by atoms with van der Waals surface area (Å²) in [6, 6.07) is 1.66. The lowest BCUT2D eigenvalue weighted by molar-refractivity contribution is -0.118. The second kappa shape index (κ2) is 6.39. The van der Waals surface area contributed by atoms with Crippen LogP contribution in [0.2, 0.25) is 5.15 Å². The van der Waals surface area contributed by atoms with Crippen molar-refractivity contribution in [3.8, 4) is 0 Å². The lowest BCUT2D eigenvalue weighted by Crippen LogP contribution is -2.13. The van der Waals surface area contributed by atoms with Crippen molar-refractivity contribution in [2.45, 2.75) is 32.6 Å². The van der Waals surface area contributed by atoms with E-state index in [4.69, 9.17) is 17.3 Å². The summed E-state index contributed by atoms with van der Waals surface area (Å²) < 4.78 is 0. The molecule has 0 atom stereocenters. The standard InChI is InChI=1S/C11H17ClN4O/c1-7(2)11-15-8(12)6-10(16-11)14-5-3-4-9(13)17/h6-7H,3-5H2,1-2H3,(H2,13,17)(H,14,15,16). The SMILES string of the molecule is CC(C)c1nc(Cl)cc(NCCCC(N)=O)n1. The van der Waals surface area contributed by atoms with Crippen LogP contribution in [0.5, 0.6) is 0 Å². The minimum Gasteiger partial charge on any atom is -0.370 e. The van der Waals surface area contributed by atoms with Gasteiger partial charge >= 0.3 is 0 Å². The molecule has 1 aromatic rings. The van der Waals surface area contributed by atoms with Crippen molar-refractivity contribution >= 4 is 23.3 Å². The van der Waals surface area contributed by atoms with Crippen LogP contribution in [0, 0.1) is 0 Å². The smallest absolute Gasteiger partial charge is 0.217 e. The van der Waals surface area contributed by atoms with Crippen LogP contribution in [-0.4, -0.2) is 22.4 Å². The van der Waals surface area contributed by atoms with Crippen molar-refractivity contribution in [1.29, 1.82) is 0 Å². The van der Waals surface area contributed by atoms with E-state index < -0.39 is 0 Å². The fraction of sp³-hybridized carbons (Fsp3) is 0.545. The fourth-order valence-corrected chi connectivity index (χ4v) is 1.45. The van der Waals surface area contributed by atoms with Crippen LogP contribution in [0.1, 0.15) is 38.4 Å². The topological polar surface area (TPSA) is 80.9 Å². The molecule has 1 amide bonds. The number of amides is 1. The molecular formula is C11H17ClN4O. The van der Waals surface area contributed by atoms with Crippen molar-refractivity contribution in [3.63, 3.8) is 0 Å². The van der Waals surface area contributed by atoms with E-state index in [0.717, 1.165) is 0 Å². The zero-order chi connectivity index (χ0) is 12.8. The number of hydrogen-bond donors (Lipinski definition) is 2. The molecule has 0 spiro atoms. The van der Waals surface area contributed by atoms with E-state index >= 15 is 0 Å². The van der Waals surface area contributed by atoms with Crippen LogP contribution in [0.3, 0.4) is 0 Å². The third-order valence-corrected chi connectivity index (χ3v) is 2.33. The number of carbonyl (C=O) groups excluding carboxylic acids is 1. The van der Waals surface area contributed by atoms with Gasteiger partial charge in [0.2, 0.25) is 5.91 Å². The number of anilines is 1. The van der Waals surface area contributed by atoms with Gasteiger partial charge in [0, 0.05) is 24.9 Å². The maximum absolute atomic E-state index is 10.6. The van der Waals surface area contributed by atoms with Crippen LogP contribution in [0.4, 0.5) is 5.82 Å². The van der Waals surface area contributed by atoms with E-state index in [0.29, 0.717) is 36.2 Å².